The fraction of sp³-hybridized carbons (Fsp3) is 0.600. The first-order valence-corrected chi connectivity index (χ1v) is 9.84. The Morgan fingerprint density at radius 1 is 0.846 bits per heavy atom. The van der Waals surface area contributed by atoms with E-state index in [0.717, 1.165) is 37.9 Å². The number of hydrogen-bond acceptors (Lipinski definition) is 3. The monoisotopic (exact) mass is 349 g/mol. The maximum Gasteiger partial charge on any atom is 0.352 e. The fourth-order valence-electron chi connectivity index (χ4n) is 8.84. The lowest BCUT2D eigenvalue weighted by atomic mass is 9.69. The Morgan fingerprint density at radius 2 is 1.42 bits per heavy atom. The predicted molar refractivity (Wildman–Crippen MR) is 91.2 cm³/mol. The van der Waals surface area contributed by atoms with Crippen LogP contribution in [-0.4, -0.2) is 27.1 Å². The molecule has 0 N–H and O–H groups in total. The molecule has 1 aromatic carbocycles. The van der Waals surface area contributed by atoms with E-state index in [2.05, 4.69) is 0 Å². The van der Waals surface area contributed by atoms with E-state index in [4.69, 9.17) is 4.74 Å². The predicted octanol–water partition coefficient (Wildman–Crippen LogP) is 1.20. The largest absolute Gasteiger partial charge is 0.381 e. The van der Waals surface area contributed by atoms with Crippen LogP contribution in [-0.2, 0) is 4.74 Å². The minimum atomic E-state index is -0.138. The van der Waals surface area contributed by atoms with Crippen molar-refractivity contribution >= 4 is 0 Å². The third-order valence-electron chi connectivity index (χ3n) is 9.12. The highest BCUT2D eigenvalue weighted by Crippen LogP contribution is 3.03. The molecule has 4 saturated carbocycles. The third-order valence-corrected chi connectivity index (χ3v) is 9.12. The van der Waals surface area contributed by atoms with Crippen LogP contribution >= 0.6 is 0 Å². The molecule has 2 spiro atoms. The van der Waals surface area contributed by atoms with Gasteiger partial charge in [0.1, 0.15) is 0 Å². The molecule has 1 saturated heterocycles. The molecule has 4 heterocycles. The molecule has 9 rings (SSSR count). The number of rotatable bonds is 1. The standard InChI is InChI=1S/C20H19N3O3/c24-17-21(10-4-2-1-3-5-10)18(25)23-16-13-11-12(13)15(22(17)23)19-6-8-26-9-7-20(16,19)14(11)19/h1-5,11-16H,6-9H2/t11?,12-,13-,14?,15-,16-,19-,20-/m0/s1. The van der Waals surface area contributed by atoms with E-state index in [9.17, 15) is 9.59 Å². The molecule has 26 heavy (non-hydrogen) atoms. The Kier molecular flexibility index (Phi) is 1.78. The highest BCUT2D eigenvalue weighted by molar-refractivity contribution is 5.49. The number of nitrogens with zero attached hydrogens (tertiary/aromatic N) is 3. The number of benzene rings is 1. The van der Waals surface area contributed by atoms with Crippen molar-refractivity contribution in [3.8, 4) is 5.69 Å². The summed E-state index contributed by atoms with van der Waals surface area (Å²) in [6.45, 7) is 1.62. The number of hydrogen-bond donors (Lipinski definition) is 0. The van der Waals surface area contributed by atoms with Crippen LogP contribution in [0.3, 0.4) is 0 Å². The lowest BCUT2D eigenvalue weighted by Crippen LogP contribution is -2.52. The highest BCUT2D eigenvalue weighted by Gasteiger charge is 3.02. The molecule has 4 aliphatic carbocycles. The summed E-state index contributed by atoms with van der Waals surface area (Å²) in [5.74, 6) is 2.77. The van der Waals surface area contributed by atoms with Gasteiger partial charge in [-0.1, -0.05) is 18.2 Å². The lowest BCUT2D eigenvalue weighted by Gasteiger charge is -2.47. The van der Waals surface area contributed by atoms with Crippen LogP contribution in [0.5, 0.6) is 0 Å². The zero-order valence-electron chi connectivity index (χ0n) is 14.2. The zero-order chi connectivity index (χ0) is 17.0. The summed E-state index contributed by atoms with van der Waals surface area (Å²) in [6.07, 6.45) is 2.13. The van der Waals surface area contributed by atoms with Crippen molar-refractivity contribution in [2.24, 2.45) is 34.5 Å². The summed E-state index contributed by atoms with van der Waals surface area (Å²) in [7, 11) is 0. The van der Waals surface area contributed by atoms with Crippen molar-refractivity contribution in [1.82, 2.24) is 13.9 Å². The second kappa shape index (κ2) is 3.52. The van der Waals surface area contributed by atoms with Gasteiger partial charge in [-0.25, -0.2) is 23.5 Å². The first-order chi connectivity index (χ1) is 12.7. The van der Waals surface area contributed by atoms with Crippen LogP contribution in [0.15, 0.2) is 39.9 Å². The minimum Gasteiger partial charge on any atom is -0.381 e. The smallest absolute Gasteiger partial charge is 0.352 e. The Morgan fingerprint density at radius 3 is 2.00 bits per heavy atom. The minimum absolute atomic E-state index is 0.138. The van der Waals surface area contributed by atoms with Gasteiger partial charge in [-0.05, 0) is 48.6 Å². The van der Waals surface area contributed by atoms with Gasteiger partial charge in [-0.15, -0.1) is 0 Å². The van der Waals surface area contributed by atoms with E-state index in [1.165, 1.54) is 4.57 Å². The molecular formula is C20H19N3O3. The van der Waals surface area contributed by atoms with E-state index in [0.29, 0.717) is 17.5 Å². The van der Waals surface area contributed by atoms with Crippen LogP contribution in [0.1, 0.15) is 24.9 Å². The first-order valence-electron chi connectivity index (χ1n) is 9.84. The van der Waals surface area contributed by atoms with Crippen molar-refractivity contribution in [1.29, 1.82) is 0 Å². The molecule has 0 amide bonds. The summed E-state index contributed by atoms with van der Waals surface area (Å²) < 4.78 is 11.0. The first kappa shape index (κ1) is 13.1. The molecule has 132 valence electrons. The van der Waals surface area contributed by atoms with Crippen LogP contribution in [0, 0.1) is 34.5 Å². The van der Waals surface area contributed by atoms with Crippen LogP contribution in [0.2, 0.25) is 0 Å². The zero-order valence-corrected chi connectivity index (χ0v) is 14.2. The lowest BCUT2D eigenvalue weighted by molar-refractivity contribution is -0.00192. The van der Waals surface area contributed by atoms with Gasteiger partial charge in [0.25, 0.3) is 0 Å². The Balaban J connectivity index is 1.45. The SMILES string of the molecule is O=c1n(-c2ccccc2)c(=O)n2n1[C@H]1[C@H]3C4C5[C@@]16CCOCC[C@@]56[C@@H]2[C@@H]43. The van der Waals surface area contributed by atoms with E-state index < -0.39 is 0 Å². The van der Waals surface area contributed by atoms with Crippen LogP contribution in [0.4, 0.5) is 0 Å². The average molecular weight is 349 g/mol. The van der Waals surface area contributed by atoms with Crippen LogP contribution < -0.4 is 11.4 Å². The van der Waals surface area contributed by atoms with E-state index in [1.54, 1.807) is 0 Å². The average Bonchev–Trinajstić information content (AvgIpc) is 3.42. The molecule has 6 atom stereocenters. The summed E-state index contributed by atoms with van der Waals surface area (Å²) in [5, 5.41) is 0. The molecule has 0 unspecified atom stereocenters. The van der Waals surface area contributed by atoms with Crippen molar-refractivity contribution in [3.63, 3.8) is 0 Å². The molecule has 6 heteroatoms. The molecular weight excluding hydrogens is 330 g/mol. The molecule has 0 radical (unpaired) electrons. The molecule has 6 nitrogen and oxygen atoms in total. The maximum absolute atomic E-state index is 13.4. The molecule has 7 aliphatic rings. The molecule has 3 aliphatic heterocycles. The van der Waals surface area contributed by atoms with E-state index in [1.807, 2.05) is 39.7 Å². The number of para-hydroxylation sites is 1. The second-order valence-corrected chi connectivity index (χ2v) is 9.22. The Bertz CT molecular complexity index is 1060. The Hall–Kier alpha value is -2.08. The third kappa shape index (κ3) is 0.942. The molecule has 1 aromatic heterocycles. The van der Waals surface area contributed by atoms with Gasteiger partial charge >= 0.3 is 11.4 Å². The topological polar surface area (TPSA) is 58.2 Å². The molecule has 5 fully saturated rings. The van der Waals surface area contributed by atoms with Gasteiger partial charge in [-0.2, -0.15) is 0 Å². The fourth-order valence-corrected chi connectivity index (χ4v) is 8.84. The summed E-state index contributed by atoms with van der Waals surface area (Å²) in [4.78, 5) is 26.8. The van der Waals surface area contributed by atoms with Gasteiger partial charge in [0.05, 0.1) is 17.8 Å². The van der Waals surface area contributed by atoms with Crippen molar-refractivity contribution in [2.45, 2.75) is 24.9 Å². The van der Waals surface area contributed by atoms with Crippen molar-refractivity contribution in [2.75, 3.05) is 13.2 Å². The second-order valence-electron chi connectivity index (χ2n) is 9.22. The van der Waals surface area contributed by atoms with E-state index >= 15 is 0 Å². The van der Waals surface area contributed by atoms with Gasteiger partial charge in [0, 0.05) is 24.0 Å². The Labute approximate surface area is 149 Å². The van der Waals surface area contributed by atoms with Gasteiger partial charge in [0.15, 0.2) is 0 Å². The van der Waals surface area contributed by atoms with E-state index in [-0.39, 0.29) is 34.3 Å². The molecule has 2 aromatic rings. The summed E-state index contributed by atoms with van der Waals surface area (Å²) in [5.41, 5.74) is 0.876. The highest BCUT2D eigenvalue weighted by atomic mass is 16.5. The van der Waals surface area contributed by atoms with Crippen molar-refractivity contribution < 1.29 is 4.74 Å². The number of aromatic nitrogens is 3. The quantitative estimate of drug-likeness (QED) is 0.777. The normalized spacial score (nSPS) is 50.2. The van der Waals surface area contributed by atoms with Gasteiger partial charge in [0.2, 0.25) is 0 Å². The summed E-state index contributed by atoms with van der Waals surface area (Å²) >= 11 is 0. The summed E-state index contributed by atoms with van der Waals surface area (Å²) in [6, 6.07) is 9.83. The van der Waals surface area contributed by atoms with Crippen LogP contribution in [0.25, 0.3) is 5.69 Å². The van der Waals surface area contributed by atoms with Crippen molar-refractivity contribution in [3.05, 3.63) is 51.3 Å². The maximum atomic E-state index is 13.4. The molecule has 2 bridgehead atoms. The number of ether oxygens (including phenoxy) is 1. The van der Waals surface area contributed by atoms with Gasteiger partial charge < -0.3 is 4.74 Å². The van der Waals surface area contributed by atoms with Gasteiger partial charge in [-0.3, -0.25) is 0 Å².